The second-order valence-corrected chi connectivity index (χ2v) is 6.23. The standard InChI is InChI=1S/C18H20N4O4/c1-10-8-11(2)22(18(25)19-10)7-6-16(23)20-13-4-5-15-14(9-13)21-17(24)12(3)26-15/h4-5,8-9,12H,6-7H2,1-3H3,(H,20,23)(H,21,24). The maximum atomic E-state index is 12.2. The minimum Gasteiger partial charge on any atom is -0.479 e. The number of hydrogen-bond donors (Lipinski definition) is 2. The number of rotatable bonds is 4. The molecule has 2 N–H and O–H groups in total. The molecule has 1 aromatic heterocycles. The Labute approximate surface area is 150 Å². The van der Waals surface area contributed by atoms with E-state index in [9.17, 15) is 14.4 Å². The van der Waals surface area contributed by atoms with Gasteiger partial charge in [0, 0.05) is 30.0 Å². The zero-order valence-electron chi connectivity index (χ0n) is 14.8. The minimum absolute atomic E-state index is 0.127. The van der Waals surface area contributed by atoms with Gasteiger partial charge in [0.2, 0.25) is 5.91 Å². The van der Waals surface area contributed by atoms with Crippen LogP contribution >= 0.6 is 0 Å². The third-order valence-corrected chi connectivity index (χ3v) is 4.10. The molecule has 0 bridgehead atoms. The Kier molecular flexibility index (Phi) is 4.75. The molecule has 0 saturated carbocycles. The van der Waals surface area contributed by atoms with Crippen LogP contribution in [-0.4, -0.2) is 27.5 Å². The van der Waals surface area contributed by atoms with Crippen molar-refractivity contribution in [1.82, 2.24) is 9.55 Å². The van der Waals surface area contributed by atoms with Crippen LogP contribution in [0, 0.1) is 13.8 Å². The van der Waals surface area contributed by atoms with Gasteiger partial charge >= 0.3 is 5.69 Å². The summed E-state index contributed by atoms with van der Waals surface area (Å²) in [5.74, 6) is 0.0824. The van der Waals surface area contributed by atoms with Gasteiger partial charge in [0.25, 0.3) is 5.91 Å². The molecule has 0 fully saturated rings. The number of carbonyl (C=O) groups excluding carboxylic acids is 2. The maximum Gasteiger partial charge on any atom is 0.347 e. The molecule has 136 valence electrons. The number of nitrogens with one attached hydrogen (secondary N) is 2. The lowest BCUT2D eigenvalue weighted by Crippen LogP contribution is -2.34. The number of aromatic nitrogens is 2. The molecular formula is C18H20N4O4. The molecule has 0 aliphatic carbocycles. The van der Waals surface area contributed by atoms with E-state index in [1.165, 1.54) is 4.57 Å². The van der Waals surface area contributed by atoms with Gasteiger partial charge in [0.15, 0.2) is 6.10 Å². The second-order valence-electron chi connectivity index (χ2n) is 6.23. The zero-order chi connectivity index (χ0) is 18.8. The van der Waals surface area contributed by atoms with Crippen LogP contribution in [0.4, 0.5) is 11.4 Å². The van der Waals surface area contributed by atoms with Crippen LogP contribution in [0.5, 0.6) is 5.75 Å². The summed E-state index contributed by atoms with van der Waals surface area (Å²) in [7, 11) is 0. The fourth-order valence-corrected chi connectivity index (χ4v) is 2.77. The lowest BCUT2D eigenvalue weighted by Gasteiger charge is -2.23. The lowest BCUT2D eigenvalue weighted by atomic mass is 10.2. The highest BCUT2D eigenvalue weighted by Crippen LogP contribution is 2.32. The first kappa shape index (κ1) is 17.7. The minimum atomic E-state index is -0.549. The van der Waals surface area contributed by atoms with E-state index in [0.717, 1.165) is 5.69 Å². The number of amides is 2. The van der Waals surface area contributed by atoms with Crippen LogP contribution in [0.3, 0.4) is 0 Å². The largest absolute Gasteiger partial charge is 0.479 e. The summed E-state index contributed by atoms with van der Waals surface area (Å²) in [4.78, 5) is 39.7. The highest BCUT2D eigenvalue weighted by atomic mass is 16.5. The van der Waals surface area contributed by atoms with Gasteiger partial charge in [-0.25, -0.2) is 4.79 Å². The number of fused-ring (bicyclic) bond motifs is 1. The molecule has 2 heterocycles. The quantitative estimate of drug-likeness (QED) is 0.866. The average Bonchev–Trinajstić information content (AvgIpc) is 2.55. The number of benzene rings is 1. The third kappa shape index (κ3) is 3.74. The number of ether oxygens (including phenoxy) is 1. The topological polar surface area (TPSA) is 102 Å². The number of aryl methyl sites for hydroxylation is 2. The molecule has 1 aromatic carbocycles. The van der Waals surface area contributed by atoms with Crippen molar-refractivity contribution >= 4 is 23.2 Å². The van der Waals surface area contributed by atoms with Crippen molar-refractivity contribution in [3.8, 4) is 5.75 Å². The summed E-state index contributed by atoms with van der Waals surface area (Å²) >= 11 is 0. The Balaban J connectivity index is 1.65. The molecule has 26 heavy (non-hydrogen) atoms. The SMILES string of the molecule is Cc1cc(C)n(CCC(=O)Nc2ccc3c(c2)NC(=O)C(C)O3)c(=O)n1. The van der Waals surface area contributed by atoms with Crippen molar-refractivity contribution in [3.05, 3.63) is 46.1 Å². The molecule has 2 aromatic rings. The van der Waals surface area contributed by atoms with Crippen molar-refractivity contribution in [2.45, 2.75) is 39.8 Å². The van der Waals surface area contributed by atoms with E-state index in [-0.39, 0.29) is 30.5 Å². The summed E-state index contributed by atoms with van der Waals surface area (Å²) < 4.78 is 6.94. The van der Waals surface area contributed by atoms with E-state index < -0.39 is 6.10 Å². The normalized spacial score (nSPS) is 15.7. The maximum absolute atomic E-state index is 12.2. The first-order valence-corrected chi connectivity index (χ1v) is 8.30. The highest BCUT2D eigenvalue weighted by molar-refractivity contribution is 5.99. The molecule has 3 rings (SSSR count). The molecule has 0 radical (unpaired) electrons. The monoisotopic (exact) mass is 356 g/mol. The fraction of sp³-hybridized carbons (Fsp3) is 0.333. The van der Waals surface area contributed by atoms with Crippen LogP contribution in [0.1, 0.15) is 24.7 Å². The average molecular weight is 356 g/mol. The Morgan fingerprint density at radius 1 is 1.31 bits per heavy atom. The lowest BCUT2D eigenvalue weighted by molar-refractivity contribution is -0.122. The van der Waals surface area contributed by atoms with Gasteiger partial charge in [0.1, 0.15) is 5.75 Å². The molecule has 1 unspecified atom stereocenters. The summed E-state index contributed by atoms with van der Waals surface area (Å²) in [6, 6.07) is 6.83. The molecule has 1 aliphatic heterocycles. The van der Waals surface area contributed by atoms with E-state index in [0.29, 0.717) is 22.8 Å². The predicted octanol–water partition coefficient (Wildman–Crippen LogP) is 1.61. The molecule has 1 aliphatic rings. The van der Waals surface area contributed by atoms with Gasteiger partial charge in [-0.2, -0.15) is 4.98 Å². The first-order valence-electron chi connectivity index (χ1n) is 8.30. The van der Waals surface area contributed by atoms with Gasteiger partial charge in [0.05, 0.1) is 5.69 Å². The molecule has 1 atom stereocenters. The van der Waals surface area contributed by atoms with E-state index in [2.05, 4.69) is 15.6 Å². The van der Waals surface area contributed by atoms with Crippen molar-refractivity contribution in [2.24, 2.45) is 0 Å². The van der Waals surface area contributed by atoms with Crippen LogP contribution in [0.2, 0.25) is 0 Å². The molecule has 0 spiro atoms. The molecule has 2 amide bonds. The molecule has 8 nitrogen and oxygen atoms in total. The first-order chi connectivity index (χ1) is 12.3. The molecule has 0 saturated heterocycles. The van der Waals surface area contributed by atoms with E-state index >= 15 is 0 Å². The summed E-state index contributed by atoms with van der Waals surface area (Å²) in [6.07, 6.45) is -0.421. The van der Waals surface area contributed by atoms with Gasteiger partial charge in [-0.15, -0.1) is 0 Å². The predicted molar refractivity (Wildman–Crippen MR) is 96.4 cm³/mol. The Hall–Kier alpha value is -3.16. The Bertz CT molecular complexity index is 935. The fourth-order valence-electron chi connectivity index (χ4n) is 2.77. The summed E-state index contributed by atoms with van der Waals surface area (Å²) in [5.41, 5.74) is 2.11. The van der Waals surface area contributed by atoms with Crippen molar-refractivity contribution in [1.29, 1.82) is 0 Å². The van der Waals surface area contributed by atoms with Gasteiger partial charge < -0.3 is 15.4 Å². The number of hydrogen-bond acceptors (Lipinski definition) is 5. The van der Waals surface area contributed by atoms with Gasteiger partial charge in [-0.3, -0.25) is 14.2 Å². The highest BCUT2D eigenvalue weighted by Gasteiger charge is 2.23. The van der Waals surface area contributed by atoms with Crippen molar-refractivity contribution < 1.29 is 14.3 Å². The summed E-state index contributed by atoms with van der Waals surface area (Å²) in [6.45, 7) is 5.47. The Morgan fingerprint density at radius 3 is 2.81 bits per heavy atom. The third-order valence-electron chi connectivity index (χ3n) is 4.10. The van der Waals surface area contributed by atoms with E-state index in [1.54, 1.807) is 45.0 Å². The Morgan fingerprint density at radius 2 is 2.08 bits per heavy atom. The van der Waals surface area contributed by atoms with E-state index in [1.807, 2.05) is 0 Å². The molecular weight excluding hydrogens is 336 g/mol. The van der Waals surface area contributed by atoms with E-state index in [4.69, 9.17) is 4.74 Å². The number of nitrogens with zero attached hydrogens (tertiary/aromatic N) is 2. The summed E-state index contributed by atoms with van der Waals surface area (Å²) in [5, 5.41) is 5.49. The smallest absolute Gasteiger partial charge is 0.347 e. The zero-order valence-corrected chi connectivity index (χ0v) is 14.8. The van der Waals surface area contributed by atoms with Crippen LogP contribution < -0.4 is 21.1 Å². The van der Waals surface area contributed by atoms with Gasteiger partial charge in [-0.05, 0) is 45.0 Å². The second kappa shape index (κ2) is 6.99. The van der Waals surface area contributed by atoms with Gasteiger partial charge in [-0.1, -0.05) is 0 Å². The number of carbonyl (C=O) groups is 2. The van der Waals surface area contributed by atoms with Crippen LogP contribution in [0.15, 0.2) is 29.1 Å². The van der Waals surface area contributed by atoms with Crippen LogP contribution in [-0.2, 0) is 16.1 Å². The van der Waals surface area contributed by atoms with Crippen LogP contribution in [0.25, 0.3) is 0 Å². The number of anilines is 2. The van der Waals surface area contributed by atoms with Crippen molar-refractivity contribution in [2.75, 3.05) is 10.6 Å². The molecule has 8 heteroatoms. The van der Waals surface area contributed by atoms with Crippen molar-refractivity contribution in [3.63, 3.8) is 0 Å².